The first kappa shape index (κ1) is 27.0. The van der Waals surface area contributed by atoms with E-state index >= 15 is 0 Å². The van der Waals surface area contributed by atoms with E-state index in [9.17, 15) is 24.5 Å². The lowest BCUT2D eigenvalue weighted by atomic mass is 9.88. The molecule has 5 rings (SSSR count). The molecule has 1 saturated carbocycles. The molecule has 2 aromatic carbocycles. The Morgan fingerprint density at radius 2 is 1.82 bits per heavy atom. The van der Waals surface area contributed by atoms with E-state index in [-0.39, 0.29) is 34.5 Å². The molecule has 0 aliphatic heterocycles. The van der Waals surface area contributed by atoms with E-state index in [1.165, 1.54) is 30.3 Å². The van der Waals surface area contributed by atoms with Crippen molar-refractivity contribution in [2.24, 2.45) is 5.92 Å². The molecule has 2 aromatic heterocycles. The number of aromatic nitrogens is 2. The number of aromatic hydroxyl groups is 1. The van der Waals surface area contributed by atoms with Gasteiger partial charge in [-0.1, -0.05) is 11.6 Å². The minimum absolute atomic E-state index is 0.117. The highest BCUT2D eigenvalue weighted by molar-refractivity contribution is 6.34. The van der Waals surface area contributed by atoms with Crippen molar-refractivity contribution in [2.45, 2.75) is 44.8 Å². The molecule has 1 aliphatic carbocycles. The van der Waals surface area contributed by atoms with Crippen LogP contribution in [0.25, 0.3) is 22.2 Å². The van der Waals surface area contributed by atoms with E-state index in [1.807, 2.05) is 13.0 Å². The molecule has 0 radical (unpaired) electrons. The van der Waals surface area contributed by atoms with Gasteiger partial charge in [0.1, 0.15) is 22.7 Å². The average molecular weight is 550 g/mol. The monoisotopic (exact) mass is 549 g/mol. The van der Waals surface area contributed by atoms with Gasteiger partial charge in [-0.25, -0.2) is 9.37 Å². The van der Waals surface area contributed by atoms with E-state index in [0.717, 1.165) is 18.4 Å². The lowest BCUT2D eigenvalue weighted by Crippen LogP contribution is -2.43. The van der Waals surface area contributed by atoms with E-state index in [0.29, 0.717) is 27.7 Å². The molecule has 4 aromatic rings. The number of fused-ring (bicyclic) bond motifs is 1. The van der Waals surface area contributed by atoms with Gasteiger partial charge in [-0.15, -0.1) is 0 Å². The molecule has 0 spiro atoms. The fraction of sp³-hybridized carbons (Fsp3) is 0.300. The molecule has 1 fully saturated rings. The van der Waals surface area contributed by atoms with Gasteiger partial charge in [-0.3, -0.25) is 9.78 Å². The van der Waals surface area contributed by atoms with Gasteiger partial charge >= 0.3 is 0 Å². The highest BCUT2D eigenvalue weighted by Gasteiger charge is 2.47. The first-order valence-corrected chi connectivity index (χ1v) is 13.0. The summed E-state index contributed by atoms with van der Waals surface area (Å²) in [7, 11) is 0. The zero-order chi connectivity index (χ0) is 28.1. The van der Waals surface area contributed by atoms with Crippen LogP contribution in [0.15, 0.2) is 54.7 Å². The number of phenols is 1. The van der Waals surface area contributed by atoms with Crippen LogP contribution in [0, 0.1) is 18.7 Å². The number of halogens is 2. The van der Waals surface area contributed by atoms with Gasteiger partial charge in [0, 0.05) is 28.3 Å². The van der Waals surface area contributed by atoms with Gasteiger partial charge in [0.2, 0.25) is 0 Å². The SMILES string of the molecule is Cc1cnc2c(O)cc(C(=O)NC[C@](O)(c3cc(C(C)(C)O)c(Cl)c(-c4ccc(F)cc4)n3)C3CC3)cc2c1. The predicted octanol–water partition coefficient (Wildman–Crippen LogP) is 5.36. The highest BCUT2D eigenvalue weighted by Crippen LogP contribution is 2.47. The molecule has 1 amide bonds. The van der Waals surface area contributed by atoms with Crippen LogP contribution in [0.5, 0.6) is 5.75 Å². The Labute approximate surface area is 230 Å². The number of amides is 1. The number of aliphatic hydroxyl groups is 2. The lowest BCUT2D eigenvalue weighted by Gasteiger charge is -2.31. The third-order valence-corrected chi connectivity index (χ3v) is 7.49. The lowest BCUT2D eigenvalue weighted by molar-refractivity contribution is 0.00889. The van der Waals surface area contributed by atoms with E-state index in [1.54, 1.807) is 32.2 Å². The molecular formula is C30H29ClFN3O4. The molecule has 2 heterocycles. The zero-order valence-corrected chi connectivity index (χ0v) is 22.6. The van der Waals surface area contributed by atoms with Crippen LogP contribution in [0.2, 0.25) is 5.02 Å². The fourth-order valence-corrected chi connectivity index (χ4v) is 5.23. The standard InChI is InChI=1S/C30H29ClFN3O4/c1-16-10-18-11-19(12-23(36)26(18)33-14-16)28(37)34-15-30(39,20-6-7-20)24-13-22(29(2,3)38)25(31)27(35-24)17-4-8-21(32)9-5-17/h4-5,8-14,20,36,38-39H,6-7,15H2,1-3H3,(H,34,37)/t30-/m1/s1. The largest absolute Gasteiger partial charge is 0.506 e. The zero-order valence-electron chi connectivity index (χ0n) is 21.8. The van der Waals surface area contributed by atoms with Crippen molar-refractivity contribution in [2.75, 3.05) is 6.54 Å². The molecule has 202 valence electrons. The summed E-state index contributed by atoms with van der Waals surface area (Å²) in [6, 6.07) is 12.0. The van der Waals surface area contributed by atoms with Crippen molar-refractivity contribution in [1.29, 1.82) is 0 Å². The third-order valence-electron chi connectivity index (χ3n) is 7.11. The summed E-state index contributed by atoms with van der Waals surface area (Å²) in [6.45, 7) is 4.86. The van der Waals surface area contributed by atoms with Crippen LogP contribution in [0.3, 0.4) is 0 Å². The average Bonchev–Trinajstić information content (AvgIpc) is 3.73. The molecule has 0 bridgehead atoms. The maximum atomic E-state index is 13.6. The second-order valence-corrected chi connectivity index (χ2v) is 11.1. The first-order valence-electron chi connectivity index (χ1n) is 12.7. The molecule has 9 heteroatoms. The Hall–Kier alpha value is -3.59. The summed E-state index contributed by atoms with van der Waals surface area (Å²) in [4.78, 5) is 22.1. The number of carbonyl (C=O) groups is 1. The minimum Gasteiger partial charge on any atom is -0.506 e. The van der Waals surface area contributed by atoms with Crippen molar-refractivity contribution < 1.29 is 24.5 Å². The number of hydrogen-bond donors (Lipinski definition) is 4. The van der Waals surface area contributed by atoms with Gasteiger partial charge in [0.05, 0.1) is 28.6 Å². The van der Waals surface area contributed by atoms with Crippen LogP contribution in [-0.2, 0) is 11.2 Å². The van der Waals surface area contributed by atoms with Crippen molar-refractivity contribution in [3.8, 4) is 17.0 Å². The Balaban J connectivity index is 1.52. The summed E-state index contributed by atoms with van der Waals surface area (Å²) in [5.74, 6) is -1.20. The van der Waals surface area contributed by atoms with E-state index in [2.05, 4.69) is 15.3 Å². The van der Waals surface area contributed by atoms with E-state index in [4.69, 9.17) is 11.6 Å². The number of rotatable bonds is 7. The van der Waals surface area contributed by atoms with Gasteiger partial charge in [-0.2, -0.15) is 0 Å². The Morgan fingerprint density at radius 3 is 2.46 bits per heavy atom. The predicted molar refractivity (Wildman–Crippen MR) is 147 cm³/mol. The van der Waals surface area contributed by atoms with Crippen LogP contribution in [-0.4, -0.2) is 37.7 Å². The van der Waals surface area contributed by atoms with E-state index < -0.39 is 22.9 Å². The number of phenolic OH excluding ortho intramolecular Hbond substituents is 1. The van der Waals surface area contributed by atoms with Gasteiger partial charge in [-0.05, 0) is 93.6 Å². The molecule has 4 N–H and O–H groups in total. The summed E-state index contributed by atoms with van der Waals surface area (Å²) >= 11 is 6.67. The fourth-order valence-electron chi connectivity index (χ4n) is 4.79. The van der Waals surface area contributed by atoms with Gasteiger partial charge in [0.25, 0.3) is 5.91 Å². The van der Waals surface area contributed by atoms with Crippen molar-refractivity contribution in [3.63, 3.8) is 0 Å². The Morgan fingerprint density at radius 1 is 1.13 bits per heavy atom. The molecule has 39 heavy (non-hydrogen) atoms. The Bertz CT molecular complexity index is 1580. The first-order chi connectivity index (χ1) is 18.4. The highest BCUT2D eigenvalue weighted by atomic mass is 35.5. The maximum Gasteiger partial charge on any atom is 0.251 e. The van der Waals surface area contributed by atoms with Crippen LogP contribution < -0.4 is 5.32 Å². The second-order valence-electron chi connectivity index (χ2n) is 10.7. The molecular weight excluding hydrogens is 521 g/mol. The van der Waals surface area contributed by atoms with Crippen molar-refractivity contribution >= 4 is 28.4 Å². The number of pyridine rings is 2. The van der Waals surface area contributed by atoms with Crippen LogP contribution in [0.4, 0.5) is 4.39 Å². The minimum atomic E-state index is -1.56. The van der Waals surface area contributed by atoms with Crippen LogP contribution in [0.1, 0.15) is 53.9 Å². The summed E-state index contributed by atoms with van der Waals surface area (Å²) in [5.41, 5.74) is -0.0313. The van der Waals surface area contributed by atoms with Crippen molar-refractivity contribution in [1.82, 2.24) is 15.3 Å². The Kier molecular flexibility index (Phi) is 6.83. The third kappa shape index (κ3) is 5.32. The van der Waals surface area contributed by atoms with Crippen molar-refractivity contribution in [3.05, 3.63) is 88.0 Å². The molecule has 7 nitrogen and oxygen atoms in total. The molecule has 1 aliphatic rings. The summed E-state index contributed by atoms with van der Waals surface area (Å²) < 4.78 is 13.6. The number of nitrogens with zero attached hydrogens (tertiary/aromatic N) is 2. The van der Waals surface area contributed by atoms with Gasteiger partial charge in [0.15, 0.2) is 0 Å². The molecule has 1 atom stereocenters. The smallest absolute Gasteiger partial charge is 0.251 e. The molecule has 0 saturated heterocycles. The second kappa shape index (κ2) is 9.86. The number of benzene rings is 2. The summed E-state index contributed by atoms with van der Waals surface area (Å²) in [6.07, 6.45) is 3.09. The maximum absolute atomic E-state index is 13.6. The quantitative estimate of drug-likeness (QED) is 0.247. The number of aryl methyl sites for hydroxylation is 1. The number of hydrogen-bond acceptors (Lipinski definition) is 6. The normalized spacial score (nSPS) is 15.3. The number of nitrogens with one attached hydrogen (secondary N) is 1. The number of carbonyl (C=O) groups excluding carboxylic acids is 1. The molecule has 0 unspecified atom stereocenters. The van der Waals surface area contributed by atoms with Crippen LogP contribution >= 0.6 is 11.6 Å². The summed E-state index contributed by atoms with van der Waals surface area (Å²) in [5, 5.41) is 36.9. The topological polar surface area (TPSA) is 116 Å². The van der Waals surface area contributed by atoms with Gasteiger partial charge < -0.3 is 20.6 Å².